The molecule has 3 heteroatoms. The number of methoxy groups -OCH3 is 1. The summed E-state index contributed by atoms with van der Waals surface area (Å²) < 4.78 is 4.74. The summed E-state index contributed by atoms with van der Waals surface area (Å²) in [5.41, 5.74) is 0. The van der Waals surface area contributed by atoms with E-state index in [-0.39, 0.29) is 12.5 Å². The monoisotopic (exact) mass is 162 g/mol. The van der Waals surface area contributed by atoms with Crippen LogP contribution in [0.3, 0.4) is 0 Å². The zero-order valence-corrected chi connectivity index (χ0v) is 7.29. The van der Waals surface area contributed by atoms with Gasteiger partial charge in [0.15, 0.2) is 6.29 Å². The zero-order valence-electron chi connectivity index (χ0n) is 7.29. The maximum Gasteiger partial charge on any atom is 0.156 e. The van der Waals surface area contributed by atoms with Crippen molar-refractivity contribution < 1.29 is 14.9 Å². The summed E-state index contributed by atoms with van der Waals surface area (Å²) in [5.74, 6) is 0.159. The third-order valence-corrected chi connectivity index (χ3v) is 1.80. The van der Waals surface area contributed by atoms with Crippen molar-refractivity contribution in [1.29, 1.82) is 0 Å². The molecule has 0 aromatic heterocycles. The molecule has 0 saturated heterocycles. The fraction of sp³-hybridized carbons (Fsp3) is 1.00. The number of aliphatic hydroxyl groups excluding tert-OH is 2. The van der Waals surface area contributed by atoms with Crippen LogP contribution in [0.2, 0.25) is 0 Å². The van der Waals surface area contributed by atoms with Crippen LogP contribution in [-0.2, 0) is 4.74 Å². The van der Waals surface area contributed by atoms with E-state index in [2.05, 4.69) is 0 Å². The van der Waals surface area contributed by atoms with Gasteiger partial charge in [-0.15, -0.1) is 0 Å². The summed E-state index contributed by atoms with van der Waals surface area (Å²) >= 11 is 0. The van der Waals surface area contributed by atoms with Crippen molar-refractivity contribution in [3.8, 4) is 0 Å². The SMILES string of the molecule is COC(O)C(C)CCCCO. The van der Waals surface area contributed by atoms with E-state index in [9.17, 15) is 0 Å². The second-order valence-electron chi connectivity index (χ2n) is 2.82. The Morgan fingerprint density at radius 2 is 2.00 bits per heavy atom. The van der Waals surface area contributed by atoms with Gasteiger partial charge >= 0.3 is 0 Å². The molecule has 0 saturated carbocycles. The predicted octanol–water partition coefficient (Wildman–Crippen LogP) is 0.750. The second kappa shape index (κ2) is 6.58. The lowest BCUT2D eigenvalue weighted by atomic mass is 10.0. The lowest BCUT2D eigenvalue weighted by Crippen LogP contribution is -2.19. The molecule has 2 atom stereocenters. The van der Waals surface area contributed by atoms with Crippen LogP contribution in [0.15, 0.2) is 0 Å². The number of unbranched alkanes of at least 4 members (excludes halogenated alkanes) is 1. The summed E-state index contributed by atoms with van der Waals surface area (Å²) in [6.45, 7) is 2.17. The molecule has 68 valence electrons. The molecule has 0 bridgehead atoms. The third-order valence-electron chi connectivity index (χ3n) is 1.80. The summed E-state index contributed by atoms with van der Waals surface area (Å²) in [5, 5.41) is 17.6. The first kappa shape index (κ1) is 10.9. The Bertz CT molecular complexity index is 85.4. The normalized spacial score (nSPS) is 16.4. The second-order valence-corrected chi connectivity index (χ2v) is 2.82. The van der Waals surface area contributed by atoms with E-state index in [0.29, 0.717) is 0 Å². The molecule has 0 aliphatic carbocycles. The van der Waals surface area contributed by atoms with E-state index in [1.165, 1.54) is 7.11 Å². The molecular formula is C8H18O3. The van der Waals surface area contributed by atoms with E-state index in [0.717, 1.165) is 19.3 Å². The molecule has 2 unspecified atom stereocenters. The fourth-order valence-electron chi connectivity index (χ4n) is 0.953. The minimum atomic E-state index is -0.659. The molecule has 0 aliphatic heterocycles. The topological polar surface area (TPSA) is 49.7 Å². The summed E-state index contributed by atoms with van der Waals surface area (Å²) in [4.78, 5) is 0. The Hall–Kier alpha value is -0.120. The quantitative estimate of drug-likeness (QED) is 0.447. The number of hydrogen-bond donors (Lipinski definition) is 2. The van der Waals surface area contributed by atoms with E-state index >= 15 is 0 Å². The Kier molecular flexibility index (Phi) is 6.51. The molecule has 0 amide bonds. The van der Waals surface area contributed by atoms with Crippen molar-refractivity contribution in [2.75, 3.05) is 13.7 Å². The highest BCUT2D eigenvalue weighted by Gasteiger charge is 2.11. The minimum absolute atomic E-state index is 0.159. The summed E-state index contributed by atoms with van der Waals surface area (Å²) in [6, 6.07) is 0. The summed E-state index contributed by atoms with van der Waals surface area (Å²) in [6.07, 6.45) is 1.99. The average Bonchev–Trinajstić information content (AvgIpc) is 2.03. The van der Waals surface area contributed by atoms with Crippen molar-refractivity contribution in [3.63, 3.8) is 0 Å². The van der Waals surface area contributed by atoms with Gasteiger partial charge in [-0.05, 0) is 12.8 Å². The molecule has 2 N–H and O–H groups in total. The van der Waals surface area contributed by atoms with E-state index < -0.39 is 6.29 Å². The highest BCUT2D eigenvalue weighted by molar-refractivity contribution is 4.55. The summed E-state index contributed by atoms with van der Waals surface area (Å²) in [7, 11) is 1.49. The first-order valence-electron chi connectivity index (χ1n) is 4.04. The Balaban J connectivity index is 3.28. The smallest absolute Gasteiger partial charge is 0.156 e. The van der Waals surface area contributed by atoms with Crippen LogP contribution >= 0.6 is 0 Å². The number of rotatable bonds is 6. The Labute approximate surface area is 68.0 Å². The van der Waals surface area contributed by atoms with Gasteiger partial charge in [-0.2, -0.15) is 0 Å². The number of ether oxygens (including phenoxy) is 1. The average molecular weight is 162 g/mol. The van der Waals surface area contributed by atoms with E-state index in [1.54, 1.807) is 0 Å². The molecule has 3 nitrogen and oxygen atoms in total. The Morgan fingerprint density at radius 1 is 1.36 bits per heavy atom. The van der Waals surface area contributed by atoms with Gasteiger partial charge in [-0.1, -0.05) is 13.3 Å². The molecule has 0 spiro atoms. The predicted molar refractivity (Wildman–Crippen MR) is 43.1 cm³/mol. The molecular weight excluding hydrogens is 144 g/mol. The molecule has 0 aromatic carbocycles. The third kappa shape index (κ3) is 5.18. The van der Waals surface area contributed by atoms with Gasteiger partial charge in [0.1, 0.15) is 0 Å². The molecule has 0 rings (SSSR count). The van der Waals surface area contributed by atoms with Crippen molar-refractivity contribution in [2.45, 2.75) is 32.5 Å². The van der Waals surface area contributed by atoms with Crippen molar-refractivity contribution in [2.24, 2.45) is 5.92 Å². The minimum Gasteiger partial charge on any atom is -0.396 e. The standard InChI is InChI=1S/C8H18O3/c1-7(8(10)11-2)5-3-4-6-9/h7-10H,3-6H2,1-2H3. The maximum atomic E-state index is 9.14. The van der Waals surface area contributed by atoms with E-state index in [1.807, 2.05) is 6.92 Å². The highest BCUT2D eigenvalue weighted by atomic mass is 16.6. The first-order chi connectivity index (χ1) is 5.22. The molecule has 0 aliphatic rings. The van der Waals surface area contributed by atoms with Crippen molar-refractivity contribution >= 4 is 0 Å². The Morgan fingerprint density at radius 3 is 2.45 bits per heavy atom. The molecule has 0 radical (unpaired) electrons. The van der Waals surface area contributed by atoms with Crippen LogP contribution in [0.25, 0.3) is 0 Å². The van der Waals surface area contributed by atoms with Crippen LogP contribution in [0.4, 0.5) is 0 Å². The zero-order chi connectivity index (χ0) is 8.69. The lowest BCUT2D eigenvalue weighted by Gasteiger charge is -2.16. The first-order valence-corrected chi connectivity index (χ1v) is 4.04. The van der Waals surface area contributed by atoms with Crippen LogP contribution in [0, 0.1) is 5.92 Å². The van der Waals surface area contributed by atoms with Gasteiger partial charge in [-0.3, -0.25) is 0 Å². The van der Waals surface area contributed by atoms with Crippen LogP contribution in [0.5, 0.6) is 0 Å². The number of hydrogen-bond acceptors (Lipinski definition) is 3. The van der Waals surface area contributed by atoms with Gasteiger partial charge < -0.3 is 14.9 Å². The largest absolute Gasteiger partial charge is 0.396 e. The van der Waals surface area contributed by atoms with Crippen molar-refractivity contribution in [1.82, 2.24) is 0 Å². The van der Waals surface area contributed by atoms with Gasteiger partial charge in [0, 0.05) is 19.6 Å². The van der Waals surface area contributed by atoms with Crippen LogP contribution < -0.4 is 0 Å². The van der Waals surface area contributed by atoms with Crippen molar-refractivity contribution in [3.05, 3.63) is 0 Å². The van der Waals surface area contributed by atoms with Gasteiger partial charge in [0.25, 0.3) is 0 Å². The van der Waals surface area contributed by atoms with Crippen LogP contribution in [-0.4, -0.2) is 30.2 Å². The number of aliphatic hydroxyl groups is 2. The maximum absolute atomic E-state index is 9.14. The van der Waals surface area contributed by atoms with Gasteiger partial charge in [0.2, 0.25) is 0 Å². The van der Waals surface area contributed by atoms with Gasteiger partial charge in [0.05, 0.1) is 0 Å². The molecule has 0 fully saturated rings. The van der Waals surface area contributed by atoms with E-state index in [4.69, 9.17) is 14.9 Å². The van der Waals surface area contributed by atoms with Gasteiger partial charge in [-0.25, -0.2) is 0 Å². The van der Waals surface area contributed by atoms with Crippen LogP contribution in [0.1, 0.15) is 26.2 Å². The molecule has 0 aromatic rings. The lowest BCUT2D eigenvalue weighted by molar-refractivity contribution is -0.110. The highest BCUT2D eigenvalue weighted by Crippen LogP contribution is 2.12. The fourth-order valence-corrected chi connectivity index (χ4v) is 0.953. The molecule has 0 heterocycles. The molecule has 11 heavy (non-hydrogen) atoms.